The van der Waals surface area contributed by atoms with Crippen LogP contribution < -0.4 is 15.9 Å². The minimum absolute atomic E-state index is 0.00300. The summed E-state index contributed by atoms with van der Waals surface area (Å²) in [5.74, 6) is 0.598. The van der Waals surface area contributed by atoms with Crippen molar-refractivity contribution in [2.24, 2.45) is 10.1 Å². The zero-order chi connectivity index (χ0) is 19.7. The molecule has 0 saturated heterocycles. The summed E-state index contributed by atoms with van der Waals surface area (Å²) in [4.78, 5) is 28.1. The van der Waals surface area contributed by atoms with Crippen molar-refractivity contribution in [3.63, 3.8) is 0 Å². The highest BCUT2D eigenvalue weighted by Crippen LogP contribution is 2.31. The first-order valence-corrected chi connectivity index (χ1v) is 9.80. The first-order valence-electron chi connectivity index (χ1n) is 8.82. The van der Waals surface area contributed by atoms with Crippen LogP contribution in [0.4, 0.5) is 5.69 Å². The van der Waals surface area contributed by atoms with E-state index in [0.717, 1.165) is 17.7 Å². The number of carbonyl (C=O) groups is 1. The lowest BCUT2D eigenvalue weighted by molar-refractivity contribution is -0.384. The van der Waals surface area contributed by atoms with Crippen LogP contribution in [0.5, 0.6) is 0 Å². The van der Waals surface area contributed by atoms with E-state index < -0.39 is 11.1 Å². The predicted molar refractivity (Wildman–Crippen MR) is 107 cm³/mol. The Morgan fingerprint density at radius 3 is 2.68 bits per heavy atom. The molecule has 1 atom stereocenters. The van der Waals surface area contributed by atoms with Gasteiger partial charge in [0, 0.05) is 23.1 Å². The molecular formula is C19H17N5O3S. The molecule has 2 aliphatic heterocycles. The van der Waals surface area contributed by atoms with Gasteiger partial charge >= 0.3 is 0 Å². The number of rotatable bonds is 4. The van der Waals surface area contributed by atoms with E-state index >= 15 is 0 Å². The molecule has 4 rings (SSSR count). The Hall–Kier alpha value is -3.20. The highest BCUT2D eigenvalue weighted by atomic mass is 32.2. The summed E-state index contributed by atoms with van der Waals surface area (Å²) >= 11 is 1.47. The van der Waals surface area contributed by atoms with E-state index in [9.17, 15) is 14.9 Å². The lowest BCUT2D eigenvalue weighted by Gasteiger charge is -2.34. The highest BCUT2D eigenvalue weighted by Gasteiger charge is 2.34. The van der Waals surface area contributed by atoms with Gasteiger partial charge < -0.3 is 0 Å². The van der Waals surface area contributed by atoms with Gasteiger partial charge in [0.25, 0.3) is 11.6 Å². The minimum Gasteiger partial charge on any atom is -0.298 e. The molecule has 9 heteroatoms. The second kappa shape index (κ2) is 7.43. The predicted octanol–water partition coefficient (Wildman–Crippen LogP) is 1.88. The van der Waals surface area contributed by atoms with Gasteiger partial charge in [-0.2, -0.15) is 0 Å². The van der Waals surface area contributed by atoms with Gasteiger partial charge in [0.1, 0.15) is 5.70 Å². The SMILES string of the molecule is CCCSC1=NN2C(=c3ccccc3=N[C@H]2c2ccc([N+](=O)[O-])cc2)C(=O)N1. The Balaban J connectivity index is 1.85. The molecule has 2 aliphatic rings. The zero-order valence-corrected chi connectivity index (χ0v) is 15.8. The van der Waals surface area contributed by atoms with Gasteiger partial charge in [-0.05, 0) is 30.2 Å². The van der Waals surface area contributed by atoms with Crippen molar-refractivity contribution in [3.05, 3.63) is 74.8 Å². The molecule has 142 valence electrons. The Bertz CT molecular complexity index is 1100. The molecule has 2 aromatic rings. The normalized spacial score (nSPS) is 17.8. The number of amides is 1. The van der Waals surface area contributed by atoms with E-state index in [0.29, 0.717) is 21.4 Å². The van der Waals surface area contributed by atoms with Crippen LogP contribution in [0.25, 0.3) is 5.70 Å². The molecule has 0 aliphatic carbocycles. The van der Waals surface area contributed by atoms with E-state index in [2.05, 4.69) is 17.3 Å². The number of para-hydroxylation sites is 1. The average molecular weight is 395 g/mol. The van der Waals surface area contributed by atoms with Gasteiger partial charge in [0.15, 0.2) is 11.3 Å². The van der Waals surface area contributed by atoms with Crippen molar-refractivity contribution in [2.75, 3.05) is 5.75 Å². The van der Waals surface area contributed by atoms with Crippen molar-refractivity contribution in [2.45, 2.75) is 19.5 Å². The monoisotopic (exact) mass is 395 g/mol. The highest BCUT2D eigenvalue weighted by molar-refractivity contribution is 8.13. The third kappa shape index (κ3) is 3.24. The molecule has 0 saturated carbocycles. The van der Waals surface area contributed by atoms with Gasteiger partial charge in [0.05, 0.1) is 10.3 Å². The largest absolute Gasteiger partial charge is 0.298 e. The number of hydrogen-bond donors (Lipinski definition) is 1. The number of nitrogens with zero attached hydrogens (tertiary/aromatic N) is 4. The molecule has 0 bridgehead atoms. The second-order valence-corrected chi connectivity index (χ2v) is 7.35. The van der Waals surface area contributed by atoms with Crippen LogP contribution in [0, 0.1) is 10.1 Å². The van der Waals surface area contributed by atoms with Crippen molar-refractivity contribution >= 4 is 34.2 Å². The maximum atomic E-state index is 12.9. The molecule has 8 nitrogen and oxygen atoms in total. The molecule has 28 heavy (non-hydrogen) atoms. The Morgan fingerprint density at radius 1 is 1.21 bits per heavy atom. The topological polar surface area (TPSA) is 100 Å². The summed E-state index contributed by atoms with van der Waals surface area (Å²) in [6, 6.07) is 13.6. The first kappa shape index (κ1) is 18.2. The van der Waals surface area contributed by atoms with Gasteiger partial charge in [-0.25, -0.2) is 5.01 Å². The second-order valence-electron chi connectivity index (χ2n) is 6.27. The number of benzene rings is 2. The lowest BCUT2D eigenvalue weighted by Crippen LogP contribution is -2.50. The fourth-order valence-electron chi connectivity index (χ4n) is 3.08. The average Bonchev–Trinajstić information content (AvgIpc) is 2.71. The van der Waals surface area contributed by atoms with Crippen LogP contribution in [-0.2, 0) is 4.79 Å². The van der Waals surface area contributed by atoms with Gasteiger partial charge in [0.2, 0.25) is 0 Å². The van der Waals surface area contributed by atoms with Crippen LogP contribution in [0.3, 0.4) is 0 Å². The van der Waals surface area contributed by atoms with Gasteiger partial charge in [-0.15, -0.1) is 5.10 Å². The third-order valence-electron chi connectivity index (χ3n) is 4.36. The van der Waals surface area contributed by atoms with Crippen LogP contribution in [0.1, 0.15) is 25.1 Å². The number of amidine groups is 1. The fourth-order valence-corrected chi connectivity index (χ4v) is 3.78. The third-order valence-corrected chi connectivity index (χ3v) is 5.43. The summed E-state index contributed by atoms with van der Waals surface area (Å²) in [6.45, 7) is 2.06. The molecule has 1 N–H and O–H groups in total. The maximum Gasteiger partial charge on any atom is 0.276 e. The number of nitro benzene ring substituents is 1. The number of nitrogens with one attached hydrogen (secondary N) is 1. The summed E-state index contributed by atoms with van der Waals surface area (Å²) in [6.07, 6.45) is 0.378. The van der Waals surface area contributed by atoms with E-state index in [-0.39, 0.29) is 11.6 Å². The van der Waals surface area contributed by atoms with Crippen molar-refractivity contribution in [3.8, 4) is 0 Å². The van der Waals surface area contributed by atoms with E-state index in [1.54, 1.807) is 17.1 Å². The zero-order valence-electron chi connectivity index (χ0n) is 15.0. The Morgan fingerprint density at radius 2 is 1.96 bits per heavy atom. The molecule has 0 aromatic heterocycles. The number of carbonyl (C=O) groups excluding carboxylic acids is 1. The number of thioether (sulfide) groups is 1. The summed E-state index contributed by atoms with van der Waals surface area (Å²) in [7, 11) is 0. The Labute approximate surface area is 164 Å². The lowest BCUT2D eigenvalue weighted by atomic mass is 10.1. The van der Waals surface area contributed by atoms with E-state index in [4.69, 9.17) is 4.99 Å². The van der Waals surface area contributed by atoms with Gasteiger partial charge in [-0.3, -0.25) is 25.2 Å². The number of hydrogen-bond acceptors (Lipinski definition) is 7. The number of fused-ring (bicyclic) bond motifs is 2. The molecule has 0 spiro atoms. The molecular weight excluding hydrogens is 378 g/mol. The van der Waals surface area contributed by atoms with E-state index in [1.165, 1.54) is 23.9 Å². The van der Waals surface area contributed by atoms with Crippen LogP contribution >= 0.6 is 11.8 Å². The Kier molecular flexibility index (Phi) is 4.82. The van der Waals surface area contributed by atoms with Crippen molar-refractivity contribution in [1.82, 2.24) is 10.3 Å². The molecule has 2 heterocycles. The van der Waals surface area contributed by atoms with Crippen LogP contribution in [0.2, 0.25) is 0 Å². The summed E-state index contributed by atoms with van der Waals surface area (Å²) < 4.78 is 0. The van der Waals surface area contributed by atoms with Crippen LogP contribution in [0.15, 0.2) is 58.6 Å². The molecule has 0 unspecified atom stereocenters. The molecule has 0 fully saturated rings. The quantitative estimate of drug-likeness (QED) is 0.629. The standard InChI is InChI=1S/C19H17N5O3S/c1-2-11-28-19-21-18(25)16-14-5-3-4-6-15(14)20-17(23(16)22-19)12-7-9-13(10-8-12)24(26)27/h3-10,17H,2,11H2,1H3,(H,21,22,25)/t17-/m1/s1. The fraction of sp³-hybridized carbons (Fsp3) is 0.211. The molecule has 1 amide bonds. The summed E-state index contributed by atoms with van der Waals surface area (Å²) in [5.41, 5.74) is 1.15. The van der Waals surface area contributed by atoms with Crippen molar-refractivity contribution < 1.29 is 9.72 Å². The van der Waals surface area contributed by atoms with Crippen LogP contribution in [-0.4, -0.2) is 26.8 Å². The molecule has 2 aromatic carbocycles. The first-order chi connectivity index (χ1) is 13.6. The molecule has 0 radical (unpaired) electrons. The maximum absolute atomic E-state index is 12.9. The van der Waals surface area contributed by atoms with Gasteiger partial charge in [-0.1, -0.05) is 36.9 Å². The van der Waals surface area contributed by atoms with E-state index in [1.807, 2.05) is 24.3 Å². The minimum atomic E-state index is -0.575. The van der Waals surface area contributed by atoms with Crippen molar-refractivity contribution in [1.29, 1.82) is 0 Å². The summed E-state index contributed by atoms with van der Waals surface area (Å²) in [5, 5.41) is 22.0. The smallest absolute Gasteiger partial charge is 0.276 e. The number of nitro groups is 1. The number of hydrazone groups is 1. The number of non-ortho nitro benzene ring substituents is 1.